The third-order valence-corrected chi connectivity index (χ3v) is 9.76. The zero-order valence-corrected chi connectivity index (χ0v) is 25.0. The van der Waals surface area contributed by atoms with Gasteiger partial charge in [-0.3, -0.25) is 4.90 Å². The zero-order chi connectivity index (χ0) is 29.6. The van der Waals surface area contributed by atoms with Gasteiger partial charge in [0.2, 0.25) is 0 Å². The maximum Gasteiger partial charge on any atom is 0.269 e. The molecule has 3 aromatic heterocycles. The van der Waals surface area contributed by atoms with E-state index in [2.05, 4.69) is 14.5 Å². The van der Waals surface area contributed by atoms with Gasteiger partial charge in [0.1, 0.15) is 0 Å². The highest BCUT2D eigenvalue weighted by Crippen LogP contribution is 2.42. The van der Waals surface area contributed by atoms with Gasteiger partial charge >= 0.3 is 0 Å². The lowest BCUT2D eigenvalue weighted by Crippen LogP contribution is -2.38. The second-order valence-electron chi connectivity index (χ2n) is 10.2. The van der Waals surface area contributed by atoms with E-state index in [9.17, 15) is 12.8 Å². The predicted molar refractivity (Wildman–Crippen MR) is 160 cm³/mol. The lowest BCUT2D eigenvalue weighted by atomic mass is 10.1. The molecule has 5 aromatic rings. The molecule has 2 aromatic carbocycles. The van der Waals surface area contributed by atoms with E-state index in [1.165, 1.54) is 0 Å². The second kappa shape index (κ2) is 11.2. The summed E-state index contributed by atoms with van der Waals surface area (Å²) in [6, 6.07) is 11.8. The maximum absolute atomic E-state index is 14.6. The van der Waals surface area contributed by atoms with Gasteiger partial charge in [0.05, 0.1) is 54.8 Å². The summed E-state index contributed by atoms with van der Waals surface area (Å²) in [4.78, 5) is 6.59. The summed E-state index contributed by atoms with van der Waals surface area (Å²) < 4.78 is 62.9. The molecule has 0 saturated carbocycles. The van der Waals surface area contributed by atoms with Crippen molar-refractivity contribution in [3.63, 3.8) is 0 Å². The Balaban J connectivity index is 1.61. The summed E-state index contributed by atoms with van der Waals surface area (Å²) in [7, 11) is -1.06. The number of benzene rings is 2. The van der Waals surface area contributed by atoms with Crippen LogP contribution < -0.4 is 9.47 Å². The Morgan fingerprint density at radius 3 is 2.38 bits per heavy atom. The molecule has 0 amide bonds. The fourth-order valence-electron chi connectivity index (χ4n) is 5.40. The molecule has 0 spiro atoms. The Hall–Kier alpha value is -3.64. The molecule has 6 rings (SSSR count). The van der Waals surface area contributed by atoms with E-state index in [0.29, 0.717) is 42.5 Å². The maximum atomic E-state index is 14.6. The van der Waals surface area contributed by atoms with Gasteiger partial charge in [-0.1, -0.05) is 29.3 Å². The molecular formula is C30H30ClFN4O5S. The first-order chi connectivity index (χ1) is 20.2. The Morgan fingerprint density at radius 1 is 1.00 bits per heavy atom. The monoisotopic (exact) mass is 612 g/mol. The minimum atomic E-state index is -4.18. The lowest BCUT2D eigenvalue weighted by Gasteiger charge is -2.26. The molecular weight excluding hydrogens is 583 g/mol. The van der Waals surface area contributed by atoms with Gasteiger partial charge in [0, 0.05) is 54.8 Å². The molecule has 9 nitrogen and oxygen atoms in total. The highest BCUT2D eigenvalue weighted by atomic mass is 35.5. The van der Waals surface area contributed by atoms with Crippen molar-refractivity contribution in [2.45, 2.75) is 18.4 Å². The van der Waals surface area contributed by atoms with Gasteiger partial charge in [-0.25, -0.2) is 21.8 Å². The van der Waals surface area contributed by atoms with Crippen LogP contribution in [0.1, 0.15) is 5.56 Å². The summed E-state index contributed by atoms with van der Waals surface area (Å²) in [5.41, 5.74) is 2.67. The van der Waals surface area contributed by atoms with E-state index in [4.69, 9.17) is 25.8 Å². The number of aryl methyl sites for hydroxylation is 1. The van der Waals surface area contributed by atoms with Crippen LogP contribution in [-0.2, 0) is 21.3 Å². The van der Waals surface area contributed by atoms with Gasteiger partial charge in [-0.15, -0.1) is 0 Å². The first-order valence-electron chi connectivity index (χ1n) is 13.5. The van der Waals surface area contributed by atoms with Crippen molar-refractivity contribution >= 4 is 43.6 Å². The number of rotatable bonds is 8. The number of ether oxygens (including phenoxy) is 3. The molecule has 12 heteroatoms. The summed E-state index contributed by atoms with van der Waals surface area (Å²) >= 11 is 6.38. The average molecular weight is 613 g/mol. The molecule has 0 atom stereocenters. The van der Waals surface area contributed by atoms with Crippen LogP contribution in [0.2, 0.25) is 5.02 Å². The number of hydrogen-bond donors (Lipinski definition) is 0. The van der Waals surface area contributed by atoms with Crippen LogP contribution >= 0.6 is 11.6 Å². The summed E-state index contributed by atoms with van der Waals surface area (Å²) in [6.07, 6.45) is 2.85. The molecule has 1 aliphatic heterocycles. The largest absolute Gasteiger partial charge is 0.493 e. The molecule has 0 aliphatic carbocycles. The van der Waals surface area contributed by atoms with Crippen molar-refractivity contribution in [1.82, 2.24) is 18.4 Å². The van der Waals surface area contributed by atoms with E-state index in [1.54, 1.807) is 44.6 Å². The normalized spacial score (nSPS) is 14.6. The van der Waals surface area contributed by atoms with Crippen LogP contribution in [0.5, 0.6) is 11.5 Å². The van der Waals surface area contributed by atoms with Crippen LogP contribution in [0.15, 0.2) is 59.8 Å². The van der Waals surface area contributed by atoms with Crippen molar-refractivity contribution < 1.29 is 27.0 Å². The topological polar surface area (TPSA) is 87.8 Å². The van der Waals surface area contributed by atoms with Gasteiger partial charge in [0.15, 0.2) is 23.0 Å². The Bertz CT molecular complexity index is 1900. The highest BCUT2D eigenvalue weighted by Gasteiger charge is 2.29. The summed E-state index contributed by atoms with van der Waals surface area (Å²) in [5.74, 6) is 0.297. The van der Waals surface area contributed by atoms with Crippen molar-refractivity contribution in [1.29, 1.82) is 0 Å². The molecule has 1 aliphatic rings. The van der Waals surface area contributed by atoms with Crippen LogP contribution in [0.3, 0.4) is 0 Å². The SMILES string of the molecule is COc1cc2c(-c3cc4c(Cl)c(F)cnc4n3S(=O)(=O)c3ccc(C)cc3)cn(CCN3CCOCC3)c2cc1OC. The first-order valence-corrected chi connectivity index (χ1v) is 15.3. The Labute approximate surface area is 248 Å². The van der Waals surface area contributed by atoms with Crippen molar-refractivity contribution in [2.75, 3.05) is 47.1 Å². The van der Waals surface area contributed by atoms with E-state index in [1.807, 2.05) is 25.3 Å². The average Bonchev–Trinajstić information content (AvgIpc) is 3.57. The predicted octanol–water partition coefficient (Wildman–Crippen LogP) is 5.35. The van der Waals surface area contributed by atoms with Crippen molar-refractivity contribution in [2.24, 2.45) is 0 Å². The molecule has 0 bridgehead atoms. The lowest BCUT2D eigenvalue weighted by molar-refractivity contribution is 0.0365. The summed E-state index contributed by atoms with van der Waals surface area (Å²) in [6.45, 7) is 6.32. The van der Waals surface area contributed by atoms with E-state index >= 15 is 0 Å². The molecule has 0 N–H and O–H groups in total. The number of aromatic nitrogens is 3. The number of fused-ring (bicyclic) bond motifs is 2. The smallest absolute Gasteiger partial charge is 0.269 e. The number of hydrogen-bond acceptors (Lipinski definition) is 7. The fraction of sp³-hybridized carbons (Fsp3) is 0.300. The minimum absolute atomic E-state index is 0.0340. The van der Waals surface area contributed by atoms with Crippen molar-refractivity contribution in [3.8, 4) is 22.8 Å². The molecule has 4 heterocycles. The molecule has 1 fully saturated rings. The third-order valence-electron chi connectivity index (χ3n) is 7.66. The van der Waals surface area contributed by atoms with E-state index < -0.39 is 15.8 Å². The number of pyridine rings is 1. The molecule has 0 radical (unpaired) electrons. The molecule has 220 valence electrons. The van der Waals surface area contributed by atoms with E-state index in [0.717, 1.165) is 46.3 Å². The molecule has 1 saturated heterocycles. The highest BCUT2D eigenvalue weighted by molar-refractivity contribution is 7.90. The molecule has 0 unspecified atom stereocenters. The van der Waals surface area contributed by atoms with Crippen molar-refractivity contribution in [3.05, 3.63) is 71.3 Å². The van der Waals surface area contributed by atoms with E-state index in [-0.39, 0.29) is 21.0 Å². The number of halogens is 2. The number of methoxy groups -OCH3 is 2. The van der Waals surface area contributed by atoms with Crippen LogP contribution in [-0.4, -0.2) is 73.9 Å². The van der Waals surface area contributed by atoms with Crippen LogP contribution in [0.4, 0.5) is 4.39 Å². The third kappa shape index (κ3) is 4.90. The molecule has 42 heavy (non-hydrogen) atoms. The summed E-state index contributed by atoms with van der Waals surface area (Å²) in [5, 5.41) is 0.723. The Kier molecular flexibility index (Phi) is 7.61. The minimum Gasteiger partial charge on any atom is -0.493 e. The van der Waals surface area contributed by atoms with Gasteiger partial charge < -0.3 is 18.8 Å². The fourth-order valence-corrected chi connectivity index (χ4v) is 7.06. The zero-order valence-electron chi connectivity index (χ0n) is 23.4. The number of morpholine rings is 1. The van der Waals surface area contributed by atoms with Crippen LogP contribution in [0, 0.1) is 12.7 Å². The number of nitrogens with zero attached hydrogens (tertiary/aromatic N) is 4. The van der Waals surface area contributed by atoms with Gasteiger partial charge in [-0.05, 0) is 31.2 Å². The van der Waals surface area contributed by atoms with Gasteiger partial charge in [0.25, 0.3) is 10.0 Å². The first kappa shape index (κ1) is 28.5. The van der Waals surface area contributed by atoms with Crippen LogP contribution in [0.25, 0.3) is 33.2 Å². The standard InChI is InChI=1S/C30H30ClFN4O5S/c1-19-4-6-20(7-5-19)42(37,38)36-26(14-22-29(31)24(32)17-33-30(22)36)23-18-35(9-8-34-10-12-41-13-11-34)25-16-28(40-3)27(39-2)15-21(23)25/h4-7,14-18H,8-13H2,1-3H3. The van der Waals surface area contributed by atoms with Gasteiger partial charge in [-0.2, -0.15) is 0 Å². The quantitative estimate of drug-likeness (QED) is 0.234. The Morgan fingerprint density at radius 2 is 1.69 bits per heavy atom. The second-order valence-corrected chi connectivity index (χ2v) is 12.3.